The van der Waals surface area contributed by atoms with Crippen LogP contribution in [0, 0.1) is 0 Å². The quantitative estimate of drug-likeness (QED) is 0.549. The summed E-state index contributed by atoms with van der Waals surface area (Å²) in [6.07, 6.45) is 2.54. The normalized spacial score (nSPS) is 11.1. The molecule has 3 aromatic rings. The summed E-state index contributed by atoms with van der Waals surface area (Å²) in [4.78, 5) is 8.08. The summed E-state index contributed by atoms with van der Waals surface area (Å²) in [5.41, 5.74) is 1.92. The topological polar surface area (TPSA) is 43.6 Å². The third kappa shape index (κ3) is 2.55. The van der Waals surface area contributed by atoms with E-state index in [1.807, 2.05) is 18.2 Å². The molecule has 0 aliphatic carbocycles. The van der Waals surface area contributed by atoms with Gasteiger partial charge in [-0.3, -0.25) is 0 Å². The van der Waals surface area contributed by atoms with E-state index in [4.69, 9.17) is 23.2 Å². The average molecular weight is 293 g/mol. The largest absolute Gasteiger partial charge is 0.247 e. The molecule has 0 atom stereocenters. The molecule has 0 N–H and O–H groups in total. The van der Waals surface area contributed by atoms with Crippen LogP contribution >= 0.6 is 23.2 Å². The van der Waals surface area contributed by atoms with E-state index in [9.17, 15) is 0 Å². The monoisotopic (exact) mass is 292 g/mol. The molecule has 19 heavy (non-hydrogen) atoms. The van der Waals surface area contributed by atoms with E-state index in [0.29, 0.717) is 10.8 Å². The zero-order valence-electron chi connectivity index (χ0n) is 9.92. The number of fused-ring (bicyclic) bond motifs is 1. The van der Waals surface area contributed by atoms with Gasteiger partial charge in [-0.25, -0.2) is 9.67 Å². The van der Waals surface area contributed by atoms with E-state index in [1.165, 1.54) is 5.56 Å². The van der Waals surface area contributed by atoms with Crippen LogP contribution in [-0.2, 0) is 13.0 Å². The lowest BCUT2D eigenvalue weighted by atomic mass is 10.1. The van der Waals surface area contributed by atoms with Crippen molar-refractivity contribution >= 4 is 34.2 Å². The number of benzene rings is 1. The molecule has 0 aliphatic heterocycles. The zero-order valence-corrected chi connectivity index (χ0v) is 11.4. The standard InChI is InChI=1S/C13H10Cl2N4/c14-11-10-8-16-19(12(10)18-13(15)17-11)7-6-9-4-2-1-3-5-9/h1-5,8H,6-7H2. The van der Waals surface area contributed by atoms with Gasteiger partial charge in [0.25, 0.3) is 0 Å². The number of hydrogen-bond donors (Lipinski definition) is 0. The first-order valence-corrected chi connectivity index (χ1v) is 6.58. The van der Waals surface area contributed by atoms with Crippen LogP contribution in [0.25, 0.3) is 11.0 Å². The molecule has 3 rings (SSSR count). The minimum Gasteiger partial charge on any atom is -0.247 e. The smallest absolute Gasteiger partial charge is 0.225 e. The van der Waals surface area contributed by atoms with Gasteiger partial charge >= 0.3 is 0 Å². The minimum atomic E-state index is 0.138. The highest BCUT2D eigenvalue weighted by Crippen LogP contribution is 2.21. The van der Waals surface area contributed by atoms with Crippen LogP contribution in [0.3, 0.4) is 0 Å². The van der Waals surface area contributed by atoms with Gasteiger partial charge in [0.2, 0.25) is 5.28 Å². The van der Waals surface area contributed by atoms with E-state index in [1.54, 1.807) is 10.9 Å². The van der Waals surface area contributed by atoms with Crippen molar-refractivity contribution in [2.24, 2.45) is 0 Å². The van der Waals surface area contributed by atoms with Gasteiger partial charge in [-0.15, -0.1) is 0 Å². The summed E-state index contributed by atoms with van der Waals surface area (Å²) in [5.74, 6) is 0. The Bertz CT molecular complexity index is 709. The van der Waals surface area contributed by atoms with Crippen molar-refractivity contribution in [3.63, 3.8) is 0 Å². The van der Waals surface area contributed by atoms with Crippen molar-refractivity contribution < 1.29 is 0 Å². The summed E-state index contributed by atoms with van der Waals surface area (Å²) in [5, 5.41) is 5.48. The molecule has 4 nitrogen and oxygen atoms in total. The van der Waals surface area contributed by atoms with Gasteiger partial charge in [0, 0.05) is 6.54 Å². The van der Waals surface area contributed by atoms with Crippen LogP contribution in [-0.4, -0.2) is 19.7 Å². The Morgan fingerprint density at radius 1 is 1.05 bits per heavy atom. The second-order valence-corrected chi connectivity index (χ2v) is 4.82. The lowest BCUT2D eigenvalue weighted by Crippen LogP contribution is -2.04. The molecule has 1 aromatic carbocycles. The van der Waals surface area contributed by atoms with E-state index in [2.05, 4.69) is 27.2 Å². The average Bonchev–Trinajstić information content (AvgIpc) is 2.81. The fourth-order valence-electron chi connectivity index (χ4n) is 1.94. The Labute approximate surface area is 120 Å². The highest BCUT2D eigenvalue weighted by molar-refractivity contribution is 6.35. The minimum absolute atomic E-state index is 0.138. The fraction of sp³-hybridized carbons (Fsp3) is 0.154. The van der Waals surface area contributed by atoms with Crippen molar-refractivity contribution in [2.45, 2.75) is 13.0 Å². The van der Waals surface area contributed by atoms with Crippen molar-refractivity contribution in [1.29, 1.82) is 0 Å². The molecular weight excluding hydrogens is 283 g/mol. The van der Waals surface area contributed by atoms with E-state index in [0.717, 1.165) is 18.4 Å². The first-order valence-electron chi connectivity index (χ1n) is 5.82. The van der Waals surface area contributed by atoms with Crippen molar-refractivity contribution in [2.75, 3.05) is 0 Å². The Morgan fingerprint density at radius 2 is 1.84 bits per heavy atom. The molecule has 0 saturated carbocycles. The summed E-state index contributed by atoms with van der Waals surface area (Å²) in [7, 11) is 0. The second kappa shape index (κ2) is 5.15. The summed E-state index contributed by atoms with van der Waals surface area (Å²) >= 11 is 11.8. The zero-order chi connectivity index (χ0) is 13.2. The third-order valence-electron chi connectivity index (χ3n) is 2.88. The first kappa shape index (κ1) is 12.4. The second-order valence-electron chi connectivity index (χ2n) is 4.12. The van der Waals surface area contributed by atoms with Gasteiger partial charge in [-0.2, -0.15) is 10.1 Å². The highest BCUT2D eigenvalue weighted by Gasteiger charge is 2.10. The Kier molecular flexibility index (Phi) is 3.36. The van der Waals surface area contributed by atoms with E-state index in [-0.39, 0.29) is 5.28 Å². The van der Waals surface area contributed by atoms with Crippen LogP contribution in [0.2, 0.25) is 10.4 Å². The number of halogens is 2. The van der Waals surface area contributed by atoms with Crippen molar-refractivity contribution in [3.05, 3.63) is 52.5 Å². The lowest BCUT2D eigenvalue weighted by Gasteiger charge is -2.03. The molecule has 2 aromatic heterocycles. The SMILES string of the molecule is Clc1nc(Cl)c2cnn(CCc3ccccc3)c2n1. The molecule has 0 unspecified atom stereocenters. The van der Waals surface area contributed by atoms with Gasteiger partial charge < -0.3 is 0 Å². The Balaban J connectivity index is 1.89. The summed E-state index contributed by atoms with van der Waals surface area (Å²) in [6.45, 7) is 0.719. The molecule has 96 valence electrons. The van der Waals surface area contributed by atoms with Gasteiger partial charge in [-0.1, -0.05) is 41.9 Å². The van der Waals surface area contributed by atoms with E-state index >= 15 is 0 Å². The maximum absolute atomic E-state index is 6.00. The van der Waals surface area contributed by atoms with Gasteiger partial charge in [-0.05, 0) is 23.6 Å². The molecule has 0 bridgehead atoms. The van der Waals surface area contributed by atoms with Gasteiger partial charge in [0.15, 0.2) is 5.65 Å². The molecule has 6 heteroatoms. The summed E-state index contributed by atoms with van der Waals surface area (Å²) in [6, 6.07) is 10.2. The fourth-order valence-corrected chi connectivity index (χ4v) is 2.36. The summed E-state index contributed by atoms with van der Waals surface area (Å²) < 4.78 is 1.79. The number of aromatic nitrogens is 4. The molecular formula is C13H10Cl2N4. The Morgan fingerprint density at radius 3 is 2.63 bits per heavy atom. The van der Waals surface area contributed by atoms with Crippen LogP contribution in [0.1, 0.15) is 5.56 Å². The maximum atomic E-state index is 6.00. The number of nitrogens with zero attached hydrogens (tertiary/aromatic N) is 4. The van der Waals surface area contributed by atoms with Crippen molar-refractivity contribution in [1.82, 2.24) is 19.7 Å². The molecule has 0 radical (unpaired) electrons. The van der Waals surface area contributed by atoms with Crippen LogP contribution in [0.15, 0.2) is 36.5 Å². The van der Waals surface area contributed by atoms with Gasteiger partial charge in [0.05, 0.1) is 11.6 Å². The maximum Gasteiger partial charge on any atom is 0.225 e. The molecule has 0 amide bonds. The molecule has 0 spiro atoms. The number of rotatable bonds is 3. The molecule has 0 saturated heterocycles. The number of hydrogen-bond acceptors (Lipinski definition) is 3. The highest BCUT2D eigenvalue weighted by atomic mass is 35.5. The Hall–Kier alpha value is -1.65. The first-order chi connectivity index (χ1) is 9.24. The van der Waals surface area contributed by atoms with Gasteiger partial charge in [0.1, 0.15) is 5.15 Å². The van der Waals surface area contributed by atoms with E-state index < -0.39 is 0 Å². The van der Waals surface area contributed by atoms with Crippen LogP contribution in [0.5, 0.6) is 0 Å². The molecule has 0 fully saturated rings. The predicted molar refractivity (Wildman–Crippen MR) is 75.5 cm³/mol. The third-order valence-corrected chi connectivity index (χ3v) is 3.33. The van der Waals surface area contributed by atoms with Crippen LogP contribution in [0.4, 0.5) is 0 Å². The molecule has 0 aliphatic rings. The molecule has 2 heterocycles. The predicted octanol–water partition coefficient (Wildman–Crippen LogP) is 3.38. The number of aryl methyl sites for hydroxylation is 2. The van der Waals surface area contributed by atoms with Crippen LogP contribution < -0.4 is 0 Å². The lowest BCUT2D eigenvalue weighted by molar-refractivity contribution is 0.629. The van der Waals surface area contributed by atoms with Crippen molar-refractivity contribution in [3.8, 4) is 0 Å².